The molecule has 1 aliphatic carbocycles. The van der Waals surface area contributed by atoms with Crippen LogP contribution in [0, 0.1) is 5.92 Å². The Kier molecular flexibility index (Phi) is 3.73. The van der Waals surface area contributed by atoms with Crippen molar-refractivity contribution in [2.45, 2.75) is 52.1 Å². The van der Waals surface area contributed by atoms with E-state index in [4.69, 9.17) is 4.74 Å². The number of hydrogen-bond donors (Lipinski definition) is 0. The van der Waals surface area contributed by atoms with Crippen LogP contribution in [-0.4, -0.2) is 12.6 Å². The summed E-state index contributed by atoms with van der Waals surface area (Å²) in [5, 5.41) is 0. The molecule has 1 saturated heterocycles. The summed E-state index contributed by atoms with van der Waals surface area (Å²) < 4.78 is 5.79. The molecule has 1 aromatic rings. The van der Waals surface area contributed by atoms with E-state index in [1.807, 2.05) is 0 Å². The highest BCUT2D eigenvalue weighted by Crippen LogP contribution is 2.35. The molecular formula is C18H25NO. The Bertz CT molecular complexity index is 508. The summed E-state index contributed by atoms with van der Waals surface area (Å²) in [7, 11) is 0. The van der Waals surface area contributed by atoms with Gasteiger partial charge < -0.3 is 9.64 Å². The second kappa shape index (κ2) is 5.51. The van der Waals surface area contributed by atoms with Gasteiger partial charge in [-0.05, 0) is 55.0 Å². The lowest BCUT2D eigenvalue weighted by Crippen LogP contribution is -2.19. The lowest BCUT2D eigenvalue weighted by molar-refractivity contribution is 0.166. The number of ether oxygens (including phenoxy) is 1. The number of fused-ring (bicyclic) bond motifs is 1. The number of anilines is 1. The van der Waals surface area contributed by atoms with Gasteiger partial charge in [-0.25, -0.2) is 0 Å². The third-order valence-electron chi connectivity index (χ3n) is 4.66. The first-order valence-electron chi connectivity index (χ1n) is 7.96. The predicted octanol–water partition coefficient (Wildman–Crippen LogP) is 4.29. The van der Waals surface area contributed by atoms with Crippen LogP contribution in [0.2, 0.25) is 0 Å². The molecule has 20 heavy (non-hydrogen) atoms. The highest BCUT2D eigenvalue weighted by molar-refractivity contribution is 5.56. The quantitative estimate of drug-likeness (QED) is 0.810. The van der Waals surface area contributed by atoms with E-state index in [1.54, 1.807) is 5.56 Å². The summed E-state index contributed by atoms with van der Waals surface area (Å²) in [5.41, 5.74) is 4.33. The van der Waals surface area contributed by atoms with Crippen molar-refractivity contribution in [1.29, 1.82) is 0 Å². The van der Waals surface area contributed by atoms with Crippen LogP contribution in [0.1, 0.15) is 44.2 Å². The van der Waals surface area contributed by atoms with Crippen molar-refractivity contribution in [2.24, 2.45) is 5.92 Å². The Balaban J connectivity index is 1.78. The Hall–Kier alpha value is -1.44. The van der Waals surface area contributed by atoms with Gasteiger partial charge in [0.25, 0.3) is 0 Å². The number of rotatable bonds is 4. The molecule has 0 aromatic heterocycles. The second-order valence-corrected chi connectivity index (χ2v) is 6.17. The molecule has 0 amide bonds. The van der Waals surface area contributed by atoms with Crippen molar-refractivity contribution < 1.29 is 4.74 Å². The third-order valence-corrected chi connectivity index (χ3v) is 4.66. The maximum atomic E-state index is 5.79. The SMILES string of the molecule is C=C1OC(CC)CN1c1ccc2c(c1)CC(CCC)C2. The maximum absolute atomic E-state index is 5.79. The summed E-state index contributed by atoms with van der Waals surface area (Å²) in [6, 6.07) is 6.91. The molecule has 2 atom stereocenters. The highest BCUT2D eigenvalue weighted by Gasteiger charge is 2.28. The summed E-state index contributed by atoms with van der Waals surface area (Å²) >= 11 is 0. The average molecular weight is 271 g/mol. The fourth-order valence-corrected chi connectivity index (χ4v) is 3.54. The van der Waals surface area contributed by atoms with Crippen molar-refractivity contribution in [3.8, 4) is 0 Å². The molecule has 3 rings (SSSR count). The predicted molar refractivity (Wildman–Crippen MR) is 83.9 cm³/mol. The normalized spacial score (nSPS) is 24.9. The molecule has 108 valence electrons. The maximum Gasteiger partial charge on any atom is 0.186 e. The minimum absolute atomic E-state index is 0.295. The Morgan fingerprint density at radius 2 is 2.05 bits per heavy atom. The van der Waals surface area contributed by atoms with Crippen LogP contribution in [0.15, 0.2) is 30.7 Å². The molecule has 0 N–H and O–H groups in total. The van der Waals surface area contributed by atoms with Crippen molar-refractivity contribution in [2.75, 3.05) is 11.4 Å². The van der Waals surface area contributed by atoms with E-state index in [0.717, 1.165) is 24.8 Å². The molecule has 1 aromatic carbocycles. The molecule has 2 heteroatoms. The standard InChI is InChI=1S/C18H25NO/c1-4-6-14-9-15-7-8-17(11-16(15)10-14)19-12-18(5-2)20-13(19)3/h7-8,11,14,18H,3-6,9-10,12H2,1-2H3. The zero-order valence-corrected chi connectivity index (χ0v) is 12.7. The first-order valence-corrected chi connectivity index (χ1v) is 7.96. The van der Waals surface area contributed by atoms with Crippen LogP contribution < -0.4 is 4.90 Å². The summed E-state index contributed by atoms with van der Waals surface area (Å²) in [6.45, 7) is 9.44. The summed E-state index contributed by atoms with van der Waals surface area (Å²) in [6.07, 6.45) is 6.48. The topological polar surface area (TPSA) is 12.5 Å². The second-order valence-electron chi connectivity index (χ2n) is 6.17. The minimum Gasteiger partial charge on any atom is -0.474 e. The molecule has 0 spiro atoms. The van der Waals surface area contributed by atoms with E-state index in [9.17, 15) is 0 Å². The Morgan fingerprint density at radius 3 is 2.75 bits per heavy atom. The monoisotopic (exact) mass is 271 g/mol. The molecule has 0 radical (unpaired) electrons. The number of benzene rings is 1. The van der Waals surface area contributed by atoms with Crippen LogP contribution in [0.5, 0.6) is 0 Å². The summed E-state index contributed by atoms with van der Waals surface area (Å²) in [4.78, 5) is 2.22. The zero-order valence-electron chi connectivity index (χ0n) is 12.7. The van der Waals surface area contributed by atoms with E-state index in [-0.39, 0.29) is 0 Å². The van der Waals surface area contributed by atoms with Gasteiger partial charge in [-0.2, -0.15) is 0 Å². The van der Waals surface area contributed by atoms with E-state index in [0.29, 0.717) is 6.10 Å². The average Bonchev–Trinajstić information content (AvgIpc) is 3.01. The fourth-order valence-electron chi connectivity index (χ4n) is 3.54. The fraction of sp³-hybridized carbons (Fsp3) is 0.556. The van der Waals surface area contributed by atoms with E-state index >= 15 is 0 Å². The summed E-state index contributed by atoms with van der Waals surface area (Å²) in [5.74, 6) is 1.66. The molecule has 1 heterocycles. The zero-order chi connectivity index (χ0) is 14.1. The Labute approximate surface area is 122 Å². The van der Waals surface area contributed by atoms with Gasteiger partial charge >= 0.3 is 0 Å². The van der Waals surface area contributed by atoms with Gasteiger partial charge in [0, 0.05) is 5.69 Å². The van der Waals surface area contributed by atoms with E-state index in [2.05, 4.69) is 43.5 Å². The molecule has 1 fully saturated rings. The van der Waals surface area contributed by atoms with Crippen LogP contribution >= 0.6 is 0 Å². The molecule has 0 saturated carbocycles. The van der Waals surface area contributed by atoms with Crippen LogP contribution in [0.25, 0.3) is 0 Å². The first-order chi connectivity index (χ1) is 9.71. The van der Waals surface area contributed by atoms with Crippen LogP contribution in [0.4, 0.5) is 5.69 Å². The number of nitrogens with zero attached hydrogens (tertiary/aromatic N) is 1. The first kappa shape index (κ1) is 13.5. The van der Waals surface area contributed by atoms with Crippen molar-refractivity contribution in [1.82, 2.24) is 0 Å². The molecule has 1 aliphatic heterocycles. The third kappa shape index (κ3) is 2.44. The van der Waals surface area contributed by atoms with Crippen molar-refractivity contribution in [3.63, 3.8) is 0 Å². The minimum atomic E-state index is 0.295. The van der Waals surface area contributed by atoms with Gasteiger partial charge in [-0.1, -0.05) is 32.8 Å². The van der Waals surface area contributed by atoms with E-state index in [1.165, 1.54) is 36.9 Å². The molecule has 2 unspecified atom stereocenters. The highest BCUT2D eigenvalue weighted by atomic mass is 16.5. The van der Waals surface area contributed by atoms with Gasteiger partial charge in [0.05, 0.1) is 6.54 Å². The molecule has 0 bridgehead atoms. The molecular weight excluding hydrogens is 246 g/mol. The molecule has 2 aliphatic rings. The Morgan fingerprint density at radius 1 is 1.25 bits per heavy atom. The van der Waals surface area contributed by atoms with Gasteiger partial charge in [-0.15, -0.1) is 0 Å². The van der Waals surface area contributed by atoms with Crippen LogP contribution in [-0.2, 0) is 17.6 Å². The van der Waals surface area contributed by atoms with E-state index < -0.39 is 0 Å². The lowest BCUT2D eigenvalue weighted by atomic mass is 10.0. The molecule has 2 nitrogen and oxygen atoms in total. The van der Waals surface area contributed by atoms with Gasteiger partial charge in [0.1, 0.15) is 6.10 Å². The smallest absolute Gasteiger partial charge is 0.186 e. The number of hydrogen-bond acceptors (Lipinski definition) is 2. The van der Waals surface area contributed by atoms with Crippen molar-refractivity contribution in [3.05, 3.63) is 41.8 Å². The largest absolute Gasteiger partial charge is 0.474 e. The van der Waals surface area contributed by atoms with Gasteiger partial charge in [0.15, 0.2) is 5.88 Å². The van der Waals surface area contributed by atoms with Crippen molar-refractivity contribution >= 4 is 5.69 Å². The van der Waals surface area contributed by atoms with Crippen LogP contribution in [0.3, 0.4) is 0 Å². The van der Waals surface area contributed by atoms with Gasteiger partial charge in [-0.3, -0.25) is 0 Å². The lowest BCUT2D eigenvalue weighted by Gasteiger charge is -2.17. The van der Waals surface area contributed by atoms with Gasteiger partial charge in [0.2, 0.25) is 0 Å².